The van der Waals surface area contributed by atoms with Gasteiger partial charge in [-0.15, -0.1) is 0 Å². The molecule has 0 aliphatic heterocycles. The topological polar surface area (TPSA) is 49.4 Å². The predicted molar refractivity (Wildman–Crippen MR) is 87.0 cm³/mol. The molecule has 4 nitrogen and oxygen atoms in total. The maximum atomic E-state index is 12.4. The Labute approximate surface area is 128 Å². The number of sulfonamides is 1. The van der Waals surface area contributed by atoms with Crippen LogP contribution in [0.1, 0.15) is 39.0 Å². The van der Waals surface area contributed by atoms with Crippen molar-refractivity contribution in [3.05, 3.63) is 24.3 Å². The molecule has 1 aromatic rings. The van der Waals surface area contributed by atoms with E-state index in [1.54, 1.807) is 26.2 Å². The molecule has 0 saturated heterocycles. The molecule has 0 radical (unpaired) electrons. The highest BCUT2D eigenvalue weighted by molar-refractivity contribution is 7.89. The highest BCUT2D eigenvalue weighted by Crippen LogP contribution is 2.31. The summed E-state index contributed by atoms with van der Waals surface area (Å²) in [6, 6.07) is 7.58. The molecule has 5 heteroatoms. The highest BCUT2D eigenvalue weighted by Gasteiger charge is 2.25. The number of hydrogen-bond donors (Lipinski definition) is 1. The Bertz CT molecular complexity index is 569. The molecule has 2 rings (SSSR count). The Balaban J connectivity index is 2.21. The van der Waals surface area contributed by atoms with Crippen LogP contribution in [-0.2, 0) is 10.0 Å². The van der Waals surface area contributed by atoms with Crippen molar-refractivity contribution >= 4 is 15.7 Å². The zero-order valence-corrected chi connectivity index (χ0v) is 14.0. The van der Waals surface area contributed by atoms with Gasteiger partial charge in [0.05, 0.1) is 5.69 Å². The fraction of sp³-hybridized carbons (Fsp3) is 0.625. The van der Waals surface area contributed by atoms with Crippen LogP contribution in [-0.4, -0.2) is 32.9 Å². The van der Waals surface area contributed by atoms with E-state index in [1.807, 2.05) is 12.1 Å². The molecule has 0 amide bonds. The van der Waals surface area contributed by atoms with Gasteiger partial charge in [-0.1, -0.05) is 38.3 Å². The Morgan fingerprint density at radius 2 is 1.95 bits per heavy atom. The molecule has 1 saturated carbocycles. The first-order valence-corrected chi connectivity index (χ1v) is 9.17. The smallest absolute Gasteiger partial charge is 0.244 e. The van der Waals surface area contributed by atoms with E-state index in [2.05, 4.69) is 12.2 Å². The fourth-order valence-electron chi connectivity index (χ4n) is 3.02. The third-order valence-electron chi connectivity index (χ3n) is 4.37. The first-order chi connectivity index (χ1) is 9.95. The first-order valence-electron chi connectivity index (χ1n) is 7.73. The lowest BCUT2D eigenvalue weighted by atomic mass is 9.84. The van der Waals surface area contributed by atoms with Crippen LogP contribution < -0.4 is 5.32 Å². The largest absolute Gasteiger partial charge is 0.381 e. The van der Waals surface area contributed by atoms with Gasteiger partial charge in [0.25, 0.3) is 0 Å². The second-order valence-corrected chi connectivity index (χ2v) is 8.19. The summed E-state index contributed by atoms with van der Waals surface area (Å²) in [4.78, 5) is 0.369. The Kier molecular flexibility index (Phi) is 5.27. The van der Waals surface area contributed by atoms with Crippen LogP contribution in [0.4, 0.5) is 5.69 Å². The molecule has 118 valence electrons. The Morgan fingerprint density at radius 3 is 2.62 bits per heavy atom. The van der Waals surface area contributed by atoms with Gasteiger partial charge >= 0.3 is 0 Å². The van der Waals surface area contributed by atoms with Gasteiger partial charge in [0.15, 0.2) is 0 Å². The van der Waals surface area contributed by atoms with Crippen LogP contribution in [0.3, 0.4) is 0 Å². The van der Waals surface area contributed by atoms with E-state index in [1.165, 1.54) is 23.6 Å². The first kappa shape index (κ1) is 16.3. The molecule has 1 N–H and O–H groups in total. The average Bonchev–Trinajstić information content (AvgIpc) is 2.47. The van der Waals surface area contributed by atoms with Crippen molar-refractivity contribution in [3.63, 3.8) is 0 Å². The predicted octanol–water partition coefficient (Wildman–Crippen LogP) is 3.32. The number of nitrogens with zero attached hydrogens (tertiary/aromatic N) is 1. The van der Waals surface area contributed by atoms with Gasteiger partial charge in [-0.25, -0.2) is 12.7 Å². The zero-order valence-electron chi connectivity index (χ0n) is 13.2. The lowest BCUT2D eigenvalue weighted by Crippen LogP contribution is -2.29. The van der Waals surface area contributed by atoms with Gasteiger partial charge < -0.3 is 5.32 Å². The molecule has 1 aromatic carbocycles. The molecule has 0 aromatic heterocycles. The molecular formula is C16H26N2O2S. The lowest BCUT2D eigenvalue weighted by Gasteiger charge is -2.30. The minimum atomic E-state index is -3.41. The number of benzene rings is 1. The van der Waals surface area contributed by atoms with E-state index in [-0.39, 0.29) is 0 Å². The van der Waals surface area contributed by atoms with Crippen molar-refractivity contribution in [2.45, 2.75) is 50.0 Å². The molecule has 1 aliphatic carbocycles. The monoisotopic (exact) mass is 310 g/mol. The van der Waals surface area contributed by atoms with Crippen molar-refractivity contribution in [3.8, 4) is 0 Å². The molecule has 1 fully saturated rings. The number of nitrogens with one attached hydrogen (secondary N) is 1. The molecule has 0 heterocycles. The van der Waals surface area contributed by atoms with Crippen LogP contribution in [0.25, 0.3) is 0 Å². The summed E-state index contributed by atoms with van der Waals surface area (Å²) in [5.41, 5.74) is 0.730. The number of hydrogen-bond acceptors (Lipinski definition) is 3. The standard InChI is InChI=1S/C16H26N2O2S/c1-4-13-8-7-9-14(12-13)17-15-10-5-6-11-16(15)21(19,20)18(2)3/h5-6,10-11,13-14,17H,4,7-9,12H2,1-3H3. The van der Waals surface area contributed by atoms with Gasteiger partial charge in [-0.2, -0.15) is 0 Å². The summed E-state index contributed by atoms with van der Waals surface area (Å²) >= 11 is 0. The van der Waals surface area contributed by atoms with Crippen LogP contribution in [0.5, 0.6) is 0 Å². The molecule has 2 unspecified atom stereocenters. The number of rotatable bonds is 5. The third-order valence-corrected chi connectivity index (χ3v) is 6.24. The number of anilines is 1. The minimum Gasteiger partial charge on any atom is -0.381 e. The maximum absolute atomic E-state index is 12.4. The van der Waals surface area contributed by atoms with E-state index in [9.17, 15) is 8.42 Å². The summed E-state index contributed by atoms with van der Waals surface area (Å²) in [6.45, 7) is 2.23. The van der Waals surface area contributed by atoms with E-state index < -0.39 is 10.0 Å². The Hall–Kier alpha value is -1.07. The quantitative estimate of drug-likeness (QED) is 0.907. The van der Waals surface area contributed by atoms with Crippen molar-refractivity contribution < 1.29 is 8.42 Å². The van der Waals surface area contributed by atoms with Gasteiger partial charge in [-0.3, -0.25) is 0 Å². The average molecular weight is 310 g/mol. The van der Waals surface area contributed by atoms with Crippen LogP contribution in [0.15, 0.2) is 29.2 Å². The van der Waals surface area contributed by atoms with Gasteiger partial charge in [0, 0.05) is 20.1 Å². The van der Waals surface area contributed by atoms with Crippen molar-refractivity contribution in [2.24, 2.45) is 5.92 Å². The van der Waals surface area contributed by atoms with E-state index in [0.29, 0.717) is 10.9 Å². The molecule has 0 spiro atoms. The lowest BCUT2D eigenvalue weighted by molar-refractivity contribution is 0.327. The molecule has 1 aliphatic rings. The highest BCUT2D eigenvalue weighted by atomic mass is 32.2. The van der Waals surface area contributed by atoms with E-state index in [0.717, 1.165) is 24.4 Å². The maximum Gasteiger partial charge on any atom is 0.244 e. The van der Waals surface area contributed by atoms with Gasteiger partial charge in [-0.05, 0) is 30.9 Å². The summed E-state index contributed by atoms with van der Waals surface area (Å²) in [6.07, 6.45) is 5.97. The molecular weight excluding hydrogens is 284 g/mol. The summed E-state index contributed by atoms with van der Waals surface area (Å²) < 4.78 is 26.1. The second kappa shape index (κ2) is 6.79. The van der Waals surface area contributed by atoms with Gasteiger partial charge in [0.2, 0.25) is 10.0 Å². The van der Waals surface area contributed by atoms with E-state index >= 15 is 0 Å². The SMILES string of the molecule is CCC1CCCC(Nc2ccccc2S(=O)(=O)N(C)C)C1. The third kappa shape index (κ3) is 3.77. The van der Waals surface area contributed by atoms with Crippen molar-refractivity contribution in [1.29, 1.82) is 0 Å². The van der Waals surface area contributed by atoms with Gasteiger partial charge in [0.1, 0.15) is 4.90 Å². The summed E-state index contributed by atoms with van der Waals surface area (Å²) in [5.74, 6) is 0.758. The minimum absolute atomic E-state index is 0.369. The van der Waals surface area contributed by atoms with Crippen LogP contribution in [0, 0.1) is 5.92 Å². The van der Waals surface area contributed by atoms with Crippen molar-refractivity contribution in [2.75, 3.05) is 19.4 Å². The fourth-order valence-corrected chi connectivity index (χ4v) is 4.07. The second-order valence-electron chi connectivity index (χ2n) is 6.07. The molecule has 0 bridgehead atoms. The number of para-hydroxylation sites is 1. The van der Waals surface area contributed by atoms with E-state index in [4.69, 9.17) is 0 Å². The summed E-state index contributed by atoms with van der Waals surface area (Å²) in [5, 5.41) is 3.47. The zero-order chi connectivity index (χ0) is 15.5. The summed E-state index contributed by atoms with van der Waals surface area (Å²) in [7, 11) is -0.268. The van der Waals surface area contributed by atoms with Crippen molar-refractivity contribution in [1.82, 2.24) is 4.31 Å². The molecule has 2 atom stereocenters. The van der Waals surface area contributed by atoms with Crippen LogP contribution in [0.2, 0.25) is 0 Å². The Morgan fingerprint density at radius 1 is 1.24 bits per heavy atom. The normalized spacial score (nSPS) is 23.2. The van der Waals surface area contributed by atoms with Crippen LogP contribution >= 0.6 is 0 Å². The molecule has 21 heavy (non-hydrogen) atoms.